The second kappa shape index (κ2) is 5.38. The minimum Gasteiger partial charge on any atom is -0.0533 e. The summed E-state index contributed by atoms with van der Waals surface area (Å²) in [5.41, 5.74) is 0. The van der Waals surface area contributed by atoms with E-state index in [0.29, 0.717) is 0 Å². The monoisotopic (exact) mass is 428 g/mol. The van der Waals surface area contributed by atoms with Crippen molar-refractivity contribution in [3.63, 3.8) is 0 Å². The number of fused-ring (bicyclic) bond motifs is 28. The summed E-state index contributed by atoms with van der Waals surface area (Å²) in [5, 5.41) is 0. The number of hydrogen-bond donors (Lipinski definition) is 0. The van der Waals surface area contributed by atoms with Crippen LogP contribution < -0.4 is 0 Å². The van der Waals surface area contributed by atoms with Crippen molar-refractivity contribution in [2.75, 3.05) is 0 Å². The van der Waals surface area contributed by atoms with Crippen molar-refractivity contribution in [1.82, 2.24) is 0 Å². The minimum atomic E-state index is 1.21. The van der Waals surface area contributed by atoms with E-state index in [1.165, 1.54) is 131 Å². The fourth-order valence-electron chi connectivity index (χ4n) is 16.0. The average Bonchev–Trinajstić information content (AvgIpc) is 2.73. The maximum Gasteiger partial charge on any atom is -0.0312 e. The van der Waals surface area contributed by atoms with Gasteiger partial charge in [-0.3, -0.25) is 0 Å². The Morgan fingerprint density at radius 3 is 0.688 bits per heavy atom. The highest BCUT2D eigenvalue weighted by atomic mass is 15.0. The van der Waals surface area contributed by atoms with Crippen LogP contribution in [-0.4, -0.2) is 0 Å². The summed E-state index contributed by atoms with van der Waals surface area (Å²) in [5.74, 6) is 25.6. The SMILES string of the molecule is C1CCCCCC2C(CCCC1)C1C2C2C1C1C2C2C1C1C3C4C5C6CCC6C5C4C3C21. The van der Waals surface area contributed by atoms with Gasteiger partial charge in [0.2, 0.25) is 0 Å². The van der Waals surface area contributed by atoms with Crippen LogP contribution in [0.1, 0.15) is 77.0 Å². The largest absolute Gasteiger partial charge is 0.0533 e. The molecule has 11 fully saturated rings. The van der Waals surface area contributed by atoms with E-state index in [4.69, 9.17) is 0 Å². The Bertz CT molecular complexity index is 780. The van der Waals surface area contributed by atoms with Gasteiger partial charge in [0.25, 0.3) is 0 Å². The smallest absolute Gasteiger partial charge is 0.0312 e. The second-order valence-electron chi connectivity index (χ2n) is 15.9. The van der Waals surface area contributed by atoms with Gasteiger partial charge < -0.3 is 0 Å². The molecule has 0 heterocycles. The fourth-order valence-corrected chi connectivity index (χ4v) is 16.0. The highest BCUT2D eigenvalue weighted by molar-refractivity contribution is 5.39. The van der Waals surface area contributed by atoms with Crippen LogP contribution in [-0.2, 0) is 0 Å². The van der Waals surface area contributed by atoms with Crippen LogP contribution in [0.5, 0.6) is 0 Å². The van der Waals surface area contributed by atoms with Gasteiger partial charge in [-0.25, -0.2) is 0 Å². The summed E-state index contributed by atoms with van der Waals surface area (Å²) in [4.78, 5) is 0. The molecule has 172 valence electrons. The van der Waals surface area contributed by atoms with Gasteiger partial charge in [-0.15, -0.1) is 0 Å². The first-order valence-electron chi connectivity index (χ1n) is 16.0. The lowest BCUT2D eigenvalue weighted by atomic mass is 9.07. The first kappa shape index (κ1) is 17.4. The molecule has 0 spiro atoms. The van der Waals surface area contributed by atoms with E-state index >= 15 is 0 Å². The lowest BCUT2D eigenvalue weighted by Gasteiger charge is -2.97. The Hall–Kier alpha value is 0. The molecule has 0 amide bonds. The fraction of sp³-hybridized carbons (Fsp3) is 1.00. The topological polar surface area (TPSA) is 0 Å². The van der Waals surface area contributed by atoms with Gasteiger partial charge in [0.05, 0.1) is 0 Å². The summed E-state index contributed by atoms with van der Waals surface area (Å²) in [7, 11) is 0. The molecule has 20 atom stereocenters. The maximum atomic E-state index is 1.65. The summed E-state index contributed by atoms with van der Waals surface area (Å²) in [6.45, 7) is 0. The highest BCUT2D eigenvalue weighted by Crippen LogP contribution is 2.96. The Balaban J connectivity index is 0.831. The molecule has 0 aliphatic heterocycles. The van der Waals surface area contributed by atoms with Crippen molar-refractivity contribution in [2.24, 2.45) is 118 Å². The number of rotatable bonds is 0. The zero-order valence-corrected chi connectivity index (χ0v) is 20.0. The van der Waals surface area contributed by atoms with Crippen molar-refractivity contribution < 1.29 is 0 Å². The molecular weight excluding hydrogens is 384 g/mol. The normalized spacial score (nSPS) is 76.5. The Kier molecular flexibility index (Phi) is 2.93. The van der Waals surface area contributed by atoms with Crippen molar-refractivity contribution in [1.29, 1.82) is 0 Å². The van der Waals surface area contributed by atoms with E-state index in [9.17, 15) is 0 Å². The molecule has 0 radical (unpaired) electrons. The highest BCUT2D eigenvalue weighted by Gasteiger charge is 2.92. The Morgan fingerprint density at radius 2 is 0.406 bits per heavy atom. The molecule has 0 aromatic heterocycles. The van der Waals surface area contributed by atoms with Crippen LogP contribution in [0.2, 0.25) is 0 Å². The second-order valence-corrected chi connectivity index (χ2v) is 15.9. The lowest BCUT2D eigenvalue weighted by Crippen LogP contribution is -2.93. The van der Waals surface area contributed by atoms with Gasteiger partial charge in [0, 0.05) is 0 Å². The molecule has 32 heavy (non-hydrogen) atoms. The summed E-state index contributed by atoms with van der Waals surface area (Å²) >= 11 is 0. The minimum absolute atomic E-state index is 1.21. The van der Waals surface area contributed by atoms with E-state index in [0.717, 1.165) is 0 Å². The van der Waals surface area contributed by atoms with Crippen molar-refractivity contribution >= 4 is 0 Å². The van der Waals surface area contributed by atoms with Crippen LogP contribution >= 0.6 is 0 Å². The van der Waals surface area contributed by atoms with E-state index in [2.05, 4.69) is 0 Å². The number of hydrogen-bond acceptors (Lipinski definition) is 0. The molecule has 11 saturated carbocycles. The van der Waals surface area contributed by atoms with E-state index in [1.807, 2.05) is 0 Å². The van der Waals surface area contributed by atoms with Gasteiger partial charge in [-0.05, 0) is 144 Å². The predicted octanol–water partition coefficient (Wildman–Crippen LogP) is 7.14. The molecule has 20 unspecified atom stereocenters. The molecule has 11 aliphatic carbocycles. The zero-order valence-electron chi connectivity index (χ0n) is 20.0. The van der Waals surface area contributed by atoms with E-state index < -0.39 is 0 Å². The van der Waals surface area contributed by atoms with Crippen molar-refractivity contribution in [2.45, 2.75) is 77.0 Å². The third-order valence-corrected chi connectivity index (χ3v) is 16.5. The molecule has 11 rings (SSSR count). The Labute approximate surface area is 195 Å². The summed E-state index contributed by atoms with van der Waals surface area (Å²) < 4.78 is 0. The molecule has 0 bridgehead atoms. The van der Waals surface area contributed by atoms with Gasteiger partial charge in [0.15, 0.2) is 0 Å². The molecule has 0 aromatic rings. The van der Waals surface area contributed by atoms with Gasteiger partial charge in [-0.1, -0.05) is 51.4 Å². The lowest BCUT2D eigenvalue weighted by molar-refractivity contribution is -0.503. The van der Waals surface area contributed by atoms with Crippen molar-refractivity contribution in [3.8, 4) is 0 Å². The van der Waals surface area contributed by atoms with Gasteiger partial charge in [-0.2, -0.15) is 0 Å². The molecule has 0 nitrogen and oxygen atoms in total. The zero-order chi connectivity index (χ0) is 20.0. The molecule has 0 saturated heterocycles. The Morgan fingerprint density at radius 1 is 0.188 bits per heavy atom. The first-order chi connectivity index (χ1) is 16.0. The van der Waals surface area contributed by atoms with Crippen LogP contribution in [0.25, 0.3) is 0 Å². The molecule has 0 heteroatoms. The molecule has 11 aliphatic rings. The predicted molar refractivity (Wildman–Crippen MR) is 125 cm³/mol. The maximum absolute atomic E-state index is 1.65. The molecular formula is C32H44. The van der Waals surface area contributed by atoms with Crippen LogP contribution in [0.4, 0.5) is 0 Å². The quantitative estimate of drug-likeness (QED) is 0.360. The van der Waals surface area contributed by atoms with Gasteiger partial charge >= 0.3 is 0 Å². The first-order valence-corrected chi connectivity index (χ1v) is 16.0. The standard InChI is InChI=1S/C32H44/c1-2-4-6-8-10-14-13(9-7-5-3-1)17-18(14)22-21(17)25-26(22)30-29(25)31-27-23-19-15-11-12-16(15)20(19)24(23)28(27)32(30)31/h13-32H,1-12H2. The molecule has 0 N–H and O–H groups in total. The van der Waals surface area contributed by atoms with E-state index in [-0.39, 0.29) is 0 Å². The van der Waals surface area contributed by atoms with Gasteiger partial charge in [0.1, 0.15) is 0 Å². The molecule has 0 aromatic carbocycles. The average molecular weight is 429 g/mol. The third kappa shape index (κ3) is 1.49. The van der Waals surface area contributed by atoms with E-state index in [1.54, 1.807) is 64.2 Å². The van der Waals surface area contributed by atoms with Crippen LogP contribution in [0.3, 0.4) is 0 Å². The van der Waals surface area contributed by atoms with Crippen LogP contribution in [0.15, 0.2) is 0 Å². The summed E-state index contributed by atoms with van der Waals surface area (Å²) in [6, 6.07) is 0. The van der Waals surface area contributed by atoms with Crippen molar-refractivity contribution in [3.05, 3.63) is 0 Å². The van der Waals surface area contributed by atoms with Crippen LogP contribution in [0, 0.1) is 118 Å². The third-order valence-electron chi connectivity index (χ3n) is 16.5. The summed E-state index contributed by atoms with van der Waals surface area (Å²) in [6.07, 6.45) is 19.0.